The fraction of sp³-hybridized carbons (Fsp3) is 0.667. The highest BCUT2D eigenvalue weighted by Gasteiger charge is 2.59. The minimum Gasteiger partial charge on any atom is -0.381 e. The van der Waals surface area contributed by atoms with Gasteiger partial charge in [0, 0.05) is 25.8 Å². The van der Waals surface area contributed by atoms with Gasteiger partial charge in [0.15, 0.2) is 0 Å². The SMILES string of the molecule is CN(C)c1ccc(NC2C3(C)CCC(C3)C2(C)C)cc1Cl. The van der Waals surface area contributed by atoms with E-state index in [1.165, 1.54) is 19.3 Å². The lowest BCUT2D eigenvalue weighted by molar-refractivity contribution is 0.155. The van der Waals surface area contributed by atoms with Gasteiger partial charge in [-0.3, -0.25) is 0 Å². The fourth-order valence-corrected chi connectivity index (χ4v) is 5.14. The first-order valence-corrected chi connectivity index (χ1v) is 8.35. The van der Waals surface area contributed by atoms with Crippen LogP contribution in [0.3, 0.4) is 0 Å². The number of anilines is 2. The smallest absolute Gasteiger partial charge is 0.0659 e. The molecule has 3 heteroatoms. The molecule has 2 nitrogen and oxygen atoms in total. The maximum Gasteiger partial charge on any atom is 0.0659 e. The minimum absolute atomic E-state index is 0.361. The van der Waals surface area contributed by atoms with Gasteiger partial charge in [-0.2, -0.15) is 0 Å². The van der Waals surface area contributed by atoms with Crippen molar-refractivity contribution in [3.05, 3.63) is 23.2 Å². The van der Waals surface area contributed by atoms with Crippen LogP contribution in [0.4, 0.5) is 11.4 Å². The van der Waals surface area contributed by atoms with Gasteiger partial charge in [-0.05, 0) is 54.2 Å². The van der Waals surface area contributed by atoms with Crippen LogP contribution in [0.25, 0.3) is 0 Å². The average Bonchev–Trinajstić information content (AvgIpc) is 2.85. The first-order chi connectivity index (χ1) is 9.74. The molecule has 0 amide bonds. The summed E-state index contributed by atoms with van der Waals surface area (Å²) >= 11 is 6.41. The van der Waals surface area contributed by atoms with Gasteiger partial charge in [0.25, 0.3) is 0 Å². The molecule has 1 N–H and O–H groups in total. The van der Waals surface area contributed by atoms with E-state index >= 15 is 0 Å². The van der Waals surface area contributed by atoms with Crippen LogP contribution in [0.15, 0.2) is 18.2 Å². The second kappa shape index (κ2) is 4.81. The topological polar surface area (TPSA) is 15.3 Å². The van der Waals surface area contributed by atoms with E-state index in [0.717, 1.165) is 22.3 Å². The molecule has 2 bridgehead atoms. The van der Waals surface area contributed by atoms with Crippen LogP contribution >= 0.6 is 11.6 Å². The van der Waals surface area contributed by atoms with E-state index in [0.29, 0.717) is 16.9 Å². The highest BCUT2D eigenvalue weighted by atomic mass is 35.5. The number of nitrogens with one attached hydrogen (secondary N) is 1. The Morgan fingerprint density at radius 3 is 2.48 bits per heavy atom. The van der Waals surface area contributed by atoms with Crippen molar-refractivity contribution >= 4 is 23.0 Å². The third kappa shape index (κ3) is 2.32. The van der Waals surface area contributed by atoms with Crippen LogP contribution in [0.5, 0.6) is 0 Å². The summed E-state index contributed by atoms with van der Waals surface area (Å²) < 4.78 is 0. The summed E-state index contributed by atoms with van der Waals surface area (Å²) in [6, 6.07) is 6.87. The Labute approximate surface area is 133 Å². The molecule has 2 aliphatic rings. The Balaban J connectivity index is 1.85. The molecule has 0 aliphatic heterocycles. The molecule has 0 aromatic heterocycles. The van der Waals surface area contributed by atoms with Gasteiger partial charge in [-0.15, -0.1) is 0 Å². The van der Waals surface area contributed by atoms with E-state index in [1.54, 1.807) is 0 Å². The Morgan fingerprint density at radius 1 is 1.24 bits per heavy atom. The summed E-state index contributed by atoms with van der Waals surface area (Å²) in [7, 11) is 4.04. The minimum atomic E-state index is 0.361. The van der Waals surface area contributed by atoms with Crippen molar-refractivity contribution in [1.82, 2.24) is 0 Å². The summed E-state index contributed by atoms with van der Waals surface area (Å²) in [6.45, 7) is 7.31. The summed E-state index contributed by atoms with van der Waals surface area (Å²) in [5.74, 6) is 0.858. The second-order valence-corrected chi connectivity index (χ2v) is 8.46. The van der Waals surface area contributed by atoms with Gasteiger partial charge >= 0.3 is 0 Å². The Morgan fingerprint density at radius 2 is 1.95 bits per heavy atom. The molecule has 2 fully saturated rings. The normalized spacial score (nSPS) is 33.2. The lowest BCUT2D eigenvalue weighted by Gasteiger charge is -2.43. The van der Waals surface area contributed by atoms with Crippen molar-refractivity contribution in [2.75, 3.05) is 24.3 Å². The number of benzene rings is 1. The van der Waals surface area contributed by atoms with Crippen LogP contribution in [-0.2, 0) is 0 Å². The lowest BCUT2D eigenvalue weighted by Crippen LogP contribution is -2.45. The number of nitrogens with zero attached hydrogens (tertiary/aromatic N) is 1. The summed E-state index contributed by atoms with van der Waals surface area (Å²) in [5.41, 5.74) is 3.01. The molecular formula is C18H27ClN2. The van der Waals surface area contributed by atoms with E-state index in [2.05, 4.69) is 49.2 Å². The predicted molar refractivity (Wildman–Crippen MR) is 92.4 cm³/mol. The van der Waals surface area contributed by atoms with Gasteiger partial charge in [-0.1, -0.05) is 32.4 Å². The van der Waals surface area contributed by atoms with E-state index in [9.17, 15) is 0 Å². The van der Waals surface area contributed by atoms with Crippen molar-refractivity contribution in [2.45, 2.75) is 46.1 Å². The summed E-state index contributed by atoms with van der Waals surface area (Å²) in [4.78, 5) is 2.05. The Kier molecular flexibility index (Phi) is 3.44. The Bertz CT molecular complexity index is 547. The molecule has 3 rings (SSSR count). The van der Waals surface area contributed by atoms with Gasteiger partial charge in [-0.25, -0.2) is 0 Å². The van der Waals surface area contributed by atoms with Crippen molar-refractivity contribution in [2.24, 2.45) is 16.7 Å². The highest BCUT2D eigenvalue weighted by Crippen LogP contribution is 2.63. The molecule has 116 valence electrons. The summed E-state index contributed by atoms with van der Waals surface area (Å²) in [5, 5.41) is 4.62. The summed E-state index contributed by atoms with van der Waals surface area (Å²) in [6.07, 6.45) is 4.10. The van der Waals surface area contributed by atoms with E-state index in [1.807, 2.05) is 14.1 Å². The standard InChI is InChI=1S/C18H27ClN2/c1-17(2)12-8-9-18(3,11-12)16(17)20-13-6-7-15(21(4)5)14(19)10-13/h6-7,10,12,16,20H,8-9,11H2,1-5H3. The molecule has 1 aromatic rings. The quantitative estimate of drug-likeness (QED) is 0.842. The van der Waals surface area contributed by atoms with Crippen LogP contribution in [0.2, 0.25) is 5.02 Å². The van der Waals surface area contributed by atoms with Gasteiger partial charge < -0.3 is 10.2 Å². The van der Waals surface area contributed by atoms with Crippen molar-refractivity contribution in [3.8, 4) is 0 Å². The molecule has 0 saturated heterocycles. The third-order valence-corrected chi connectivity index (χ3v) is 6.31. The molecule has 0 radical (unpaired) electrons. The zero-order valence-electron chi connectivity index (χ0n) is 13.8. The van der Waals surface area contributed by atoms with Gasteiger partial charge in [0.1, 0.15) is 0 Å². The molecule has 1 aromatic carbocycles. The van der Waals surface area contributed by atoms with Crippen molar-refractivity contribution < 1.29 is 0 Å². The molecule has 3 unspecified atom stereocenters. The molecular weight excluding hydrogens is 280 g/mol. The Hall–Kier alpha value is -0.890. The predicted octanol–water partition coefficient (Wildman–Crippen LogP) is 5.03. The van der Waals surface area contributed by atoms with Crippen LogP contribution in [-0.4, -0.2) is 20.1 Å². The number of hydrogen-bond donors (Lipinski definition) is 1. The molecule has 21 heavy (non-hydrogen) atoms. The monoisotopic (exact) mass is 306 g/mol. The van der Waals surface area contributed by atoms with Crippen LogP contribution in [0, 0.1) is 16.7 Å². The van der Waals surface area contributed by atoms with Crippen LogP contribution < -0.4 is 10.2 Å². The molecule has 2 aliphatic carbocycles. The maximum atomic E-state index is 6.41. The van der Waals surface area contributed by atoms with E-state index < -0.39 is 0 Å². The fourth-order valence-electron chi connectivity index (χ4n) is 4.79. The van der Waals surface area contributed by atoms with Crippen LogP contribution in [0.1, 0.15) is 40.0 Å². The molecule has 0 spiro atoms. The first-order valence-electron chi connectivity index (χ1n) is 7.97. The van der Waals surface area contributed by atoms with E-state index in [-0.39, 0.29) is 0 Å². The lowest BCUT2D eigenvalue weighted by atomic mass is 9.68. The largest absolute Gasteiger partial charge is 0.381 e. The van der Waals surface area contributed by atoms with Crippen molar-refractivity contribution in [1.29, 1.82) is 0 Å². The molecule has 2 saturated carbocycles. The van der Waals surface area contributed by atoms with Gasteiger partial charge in [0.2, 0.25) is 0 Å². The molecule has 0 heterocycles. The maximum absolute atomic E-state index is 6.41. The number of fused-ring (bicyclic) bond motifs is 2. The van der Waals surface area contributed by atoms with Gasteiger partial charge in [0.05, 0.1) is 10.7 Å². The third-order valence-electron chi connectivity index (χ3n) is 6.01. The zero-order chi connectivity index (χ0) is 15.4. The van der Waals surface area contributed by atoms with E-state index in [4.69, 9.17) is 11.6 Å². The number of halogens is 1. The highest BCUT2D eigenvalue weighted by molar-refractivity contribution is 6.33. The zero-order valence-corrected chi connectivity index (χ0v) is 14.6. The van der Waals surface area contributed by atoms with Crippen molar-refractivity contribution in [3.63, 3.8) is 0 Å². The molecule has 3 atom stereocenters. The second-order valence-electron chi connectivity index (χ2n) is 8.05. The number of rotatable bonds is 3. The number of hydrogen-bond acceptors (Lipinski definition) is 2. The average molecular weight is 307 g/mol. The first kappa shape index (κ1) is 15.0.